The number of ether oxygens (including phenoxy) is 1. The topological polar surface area (TPSA) is 53.5 Å². The predicted molar refractivity (Wildman–Crippen MR) is 73.2 cm³/mol. The lowest BCUT2D eigenvalue weighted by Gasteiger charge is -2.36. The van der Waals surface area contributed by atoms with Gasteiger partial charge in [-0.15, -0.1) is 0 Å². The minimum atomic E-state index is 0.343. The Labute approximate surface area is 113 Å². The van der Waals surface area contributed by atoms with Crippen LogP contribution < -0.4 is 10.2 Å². The molecule has 1 aromatic heterocycles. The Morgan fingerprint density at radius 1 is 1.37 bits per heavy atom. The second kappa shape index (κ2) is 5.40. The molecule has 1 N–H and O–H groups in total. The van der Waals surface area contributed by atoms with E-state index in [4.69, 9.17) is 4.74 Å². The highest BCUT2D eigenvalue weighted by Gasteiger charge is 2.35. The molecule has 2 aliphatic heterocycles. The standard InChI is InChI=1S/C13H21N5O/c1-17(2)13-15-5-10(6-16-13)9-18-3-4-19-12-8-14-7-11(12)18/h5-6,11-12,14H,3-4,7-9H2,1-2H3/t11-,12+/m1/s1. The van der Waals surface area contributed by atoms with E-state index in [1.807, 2.05) is 31.4 Å². The Kier molecular flexibility index (Phi) is 3.63. The van der Waals surface area contributed by atoms with Crippen LogP contribution in [0, 0.1) is 0 Å². The summed E-state index contributed by atoms with van der Waals surface area (Å²) in [6.45, 7) is 4.69. The first kappa shape index (κ1) is 12.8. The van der Waals surface area contributed by atoms with E-state index in [0.29, 0.717) is 12.1 Å². The molecule has 19 heavy (non-hydrogen) atoms. The summed E-state index contributed by atoms with van der Waals surface area (Å²) < 4.78 is 5.78. The van der Waals surface area contributed by atoms with Gasteiger partial charge in [-0.05, 0) is 0 Å². The second-order valence-electron chi connectivity index (χ2n) is 5.39. The first-order chi connectivity index (χ1) is 9.24. The molecule has 2 atom stereocenters. The summed E-state index contributed by atoms with van der Waals surface area (Å²) in [4.78, 5) is 13.1. The van der Waals surface area contributed by atoms with Crippen LogP contribution in [0.3, 0.4) is 0 Å². The van der Waals surface area contributed by atoms with Gasteiger partial charge in [-0.25, -0.2) is 9.97 Å². The van der Waals surface area contributed by atoms with E-state index in [1.165, 1.54) is 0 Å². The number of morpholine rings is 1. The Morgan fingerprint density at radius 3 is 2.89 bits per heavy atom. The molecule has 1 aromatic rings. The molecule has 2 fully saturated rings. The van der Waals surface area contributed by atoms with E-state index in [1.54, 1.807) is 0 Å². The molecule has 3 heterocycles. The first-order valence-electron chi connectivity index (χ1n) is 6.78. The molecule has 0 radical (unpaired) electrons. The second-order valence-corrected chi connectivity index (χ2v) is 5.39. The van der Waals surface area contributed by atoms with Gasteiger partial charge in [0.15, 0.2) is 0 Å². The van der Waals surface area contributed by atoms with Crippen molar-refractivity contribution in [3.63, 3.8) is 0 Å². The highest BCUT2D eigenvalue weighted by molar-refractivity contribution is 5.26. The average molecular weight is 263 g/mol. The van der Waals surface area contributed by atoms with Crippen LogP contribution in [0.4, 0.5) is 5.95 Å². The molecule has 2 saturated heterocycles. The van der Waals surface area contributed by atoms with Crippen molar-refractivity contribution in [3.05, 3.63) is 18.0 Å². The lowest BCUT2D eigenvalue weighted by molar-refractivity contribution is -0.0500. The van der Waals surface area contributed by atoms with E-state index >= 15 is 0 Å². The number of hydrogen-bond donors (Lipinski definition) is 1. The minimum absolute atomic E-state index is 0.343. The summed E-state index contributed by atoms with van der Waals surface area (Å²) in [6, 6.07) is 0.488. The van der Waals surface area contributed by atoms with Crippen LogP contribution in [0.1, 0.15) is 5.56 Å². The predicted octanol–water partition coefficient (Wildman–Crippen LogP) is -0.285. The van der Waals surface area contributed by atoms with Crippen LogP contribution in [-0.2, 0) is 11.3 Å². The minimum Gasteiger partial charge on any atom is -0.374 e. The van der Waals surface area contributed by atoms with Gasteiger partial charge in [0.05, 0.1) is 12.7 Å². The number of nitrogens with zero attached hydrogens (tertiary/aromatic N) is 4. The number of aromatic nitrogens is 2. The SMILES string of the molecule is CN(C)c1ncc(CN2CCO[C@H]3CNC[C@H]32)cn1. The van der Waals surface area contributed by atoms with Crippen LogP contribution in [0.15, 0.2) is 12.4 Å². The molecule has 3 rings (SSSR count). The number of nitrogens with one attached hydrogen (secondary N) is 1. The molecule has 0 saturated carbocycles. The van der Waals surface area contributed by atoms with Crippen LogP contribution in [-0.4, -0.2) is 67.4 Å². The fraction of sp³-hybridized carbons (Fsp3) is 0.692. The van der Waals surface area contributed by atoms with Crippen molar-refractivity contribution < 1.29 is 4.74 Å². The lowest BCUT2D eigenvalue weighted by atomic mass is 10.1. The molecule has 0 spiro atoms. The summed E-state index contributed by atoms with van der Waals surface area (Å²) in [5.41, 5.74) is 1.16. The maximum absolute atomic E-state index is 5.78. The third kappa shape index (κ3) is 2.70. The van der Waals surface area contributed by atoms with Crippen molar-refractivity contribution in [1.29, 1.82) is 0 Å². The quantitative estimate of drug-likeness (QED) is 0.809. The van der Waals surface area contributed by atoms with Gasteiger partial charge in [0.25, 0.3) is 0 Å². The Bertz CT molecular complexity index is 422. The number of anilines is 1. The van der Waals surface area contributed by atoms with Gasteiger partial charge in [0, 0.05) is 64.3 Å². The van der Waals surface area contributed by atoms with Crippen LogP contribution in [0.5, 0.6) is 0 Å². The fourth-order valence-corrected chi connectivity index (χ4v) is 2.75. The smallest absolute Gasteiger partial charge is 0.224 e. The zero-order chi connectivity index (χ0) is 13.2. The van der Waals surface area contributed by atoms with Gasteiger partial charge in [0.2, 0.25) is 5.95 Å². The monoisotopic (exact) mass is 263 g/mol. The normalized spacial score (nSPS) is 27.3. The molecule has 0 aliphatic carbocycles. The van der Waals surface area contributed by atoms with Crippen molar-refractivity contribution in [1.82, 2.24) is 20.2 Å². The zero-order valence-corrected chi connectivity index (χ0v) is 11.5. The van der Waals surface area contributed by atoms with Crippen molar-refractivity contribution in [3.8, 4) is 0 Å². The van der Waals surface area contributed by atoms with E-state index < -0.39 is 0 Å². The molecule has 0 aromatic carbocycles. The first-order valence-corrected chi connectivity index (χ1v) is 6.78. The number of rotatable bonds is 3. The lowest BCUT2D eigenvalue weighted by Crippen LogP contribution is -2.50. The maximum Gasteiger partial charge on any atom is 0.224 e. The Balaban J connectivity index is 1.67. The largest absolute Gasteiger partial charge is 0.374 e. The van der Waals surface area contributed by atoms with Crippen molar-refractivity contribution in [2.75, 3.05) is 45.2 Å². The van der Waals surface area contributed by atoms with Gasteiger partial charge in [-0.2, -0.15) is 0 Å². The molecule has 0 amide bonds. The highest BCUT2D eigenvalue weighted by atomic mass is 16.5. The average Bonchev–Trinajstić information content (AvgIpc) is 2.89. The van der Waals surface area contributed by atoms with Gasteiger partial charge in [-0.1, -0.05) is 0 Å². The van der Waals surface area contributed by atoms with Gasteiger partial charge in [0.1, 0.15) is 0 Å². The molecular formula is C13H21N5O. The fourth-order valence-electron chi connectivity index (χ4n) is 2.75. The van der Waals surface area contributed by atoms with Crippen molar-refractivity contribution >= 4 is 5.95 Å². The van der Waals surface area contributed by atoms with Crippen LogP contribution in [0.2, 0.25) is 0 Å². The van der Waals surface area contributed by atoms with E-state index in [9.17, 15) is 0 Å². The van der Waals surface area contributed by atoms with Crippen LogP contribution in [0.25, 0.3) is 0 Å². The Hall–Kier alpha value is -1.24. The molecular weight excluding hydrogens is 242 g/mol. The Morgan fingerprint density at radius 2 is 2.16 bits per heavy atom. The summed E-state index contributed by atoms with van der Waals surface area (Å²) in [5.74, 6) is 0.756. The van der Waals surface area contributed by atoms with Gasteiger partial charge >= 0.3 is 0 Å². The molecule has 6 nitrogen and oxygen atoms in total. The zero-order valence-electron chi connectivity index (χ0n) is 11.5. The van der Waals surface area contributed by atoms with E-state index in [0.717, 1.165) is 44.3 Å². The molecule has 0 bridgehead atoms. The maximum atomic E-state index is 5.78. The summed E-state index contributed by atoms with van der Waals surface area (Å²) in [6.07, 6.45) is 4.19. The number of hydrogen-bond acceptors (Lipinski definition) is 6. The third-order valence-electron chi connectivity index (χ3n) is 3.78. The van der Waals surface area contributed by atoms with Gasteiger partial charge < -0.3 is 15.0 Å². The highest BCUT2D eigenvalue weighted by Crippen LogP contribution is 2.19. The van der Waals surface area contributed by atoms with Crippen LogP contribution >= 0.6 is 0 Å². The van der Waals surface area contributed by atoms with E-state index in [-0.39, 0.29) is 0 Å². The summed E-state index contributed by atoms with van der Waals surface area (Å²) >= 11 is 0. The van der Waals surface area contributed by atoms with Crippen molar-refractivity contribution in [2.24, 2.45) is 0 Å². The molecule has 6 heteroatoms. The third-order valence-corrected chi connectivity index (χ3v) is 3.78. The molecule has 104 valence electrons. The molecule has 0 unspecified atom stereocenters. The number of fused-ring (bicyclic) bond motifs is 1. The van der Waals surface area contributed by atoms with E-state index in [2.05, 4.69) is 20.2 Å². The summed E-state index contributed by atoms with van der Waals surface area (Å²) in [7, 11) is 3.90. The van der Waals surface area contributed by atoms with Crippen molar-refractivity contribution in [2.45, 2.75) is 18.7 Å². The molecule has 2 aliphatic rings. The van der Waals surface area contributed by atoms with Gasteiger partial charge in [-0.3, -0.25) is 4.90 Å². The summed E-state index contributed by atoms with van der Waals surface area (Å²) in [5, 5.41) is 3.40.